The number of pyridine rings is 1. The third-order valence-corrected chi connectivity index (χ3v) is 1.87. The van der Waals surface area contributed by atoms with Gasteiger partial charge in [0.1, 0.15) is 5.69 Å². The van der Waals surface area contributed by atoms with Crippen LogP contribution in [-0.2, 0) is 0 Å². The minimum Gasteiger partial charge on any atom is -0.491 e. The molecule has 0 atom stereocenters. The molecule has 1 aromatic heterocycles. The second-order valence-electron chi connectivity index (χ2n) is 2.58. The van der Waals surface area contributed by atoms with Gasteiger partial charge in [0, 0.05) is 0 Å². The number of aromatic amines is 1. The first-order valence-electron chi connectivity index (χ1n) is 3.76. The van der Waals surface area contributed by atoms with Crippen LogP contribution in [0.15, 0.2) is 10.9 Å². The fourth-order valence-electron chi connectivity index (χ4n) is 1.05. The molecule has 1 rings (SSSR count). The Morgan fingerprint density at radius 2 is 2.20 bits per heavy atom. The van der Waals surface area contributed by atoms with Gasteiger partial charge in [-0.25, -0.2) is 8.78 Å². The quantitative estimate of drug-likeness (QED) is 0.814. The van der Waals surface area contributed by atoms with Gasteiger partial charge >= 0.3 is 0 Å². The summed E-state index contributed by atoms with van der Waals surface area (Å²) in [6.45, 7) is 0. The third-order valence-electron chi connectivity index (χ3n) is 1.67. The number of alkyl halides is 2. The summed E-state index contributed by atoms with van der Waals surface area (Å²) in [6, 6.07) is 0.792. The molecule has 0 aliphatic rings. The monoisotopic (exact) mass is 237 g/mol. The first-order chi connectivity index (χ1) is 6.97. The third kappa shape index (κ3) is 2.33. The van der Waals surface area contributed by atoms with Crippen molar-refractivity contribution < 1.29 is 18.3 Å². The fourth-order valence-corrected chi connectivity index (χ4v) is 1.15. The van der Waals surface area contributed by atoms with Gasteiger partial charge in [0.25, 0.3) is 17.2 Å². The maximum absolute atomic E-state index is 12.5. The second kappa shape index (κ2) is 4.39. The topological polar surface area (TPSA) is 59.2 Å². The van der Waals surface area contributed by atoms with E-state index in [1.165, 1.54) is 0 Å². The van der Waals surface area contributed by atoms with Crippen LogP contribution in [0, 0.1) is 0 Å². The zero-order valence-electron chi connectivity index (χ0n) is 7.51. The molecule has 4 nitrogen and oxygen atoms in total. The van der Waals surface area contributed by atoms with Crippen LogP contribution in [0.3, 0.4) is 0 Å². The number of carbonyl (C=O) groups is 1. The van der Waals surface area contributed by atoms with E-state index in [0.29, 0.717) is 0 Å². The fraction of sp³-hybridized carbons (Fsp3) is 0.250. The first-order valence-corrected chi connectivity index (χ1v) is 4.14. The molecule has 0 aromatic carbocycles. The highest BCUT2D eigenvalue weighted by atomic mass is 35.5. The van der Waals surface area contributed by atoms with Crippen LogP contribution in [0.5, 0.6) is 5.75 Å². The first kappa shape index (κ1) is 11.6. The second-order valence-corrected chi connectivity index (χ2v) is 2.92. The SMILES string of the molecule is COc1c(C(F)F)cc(C(=O)Cl)[nH]c1=O. The van der Waals surface area contributed by atoms with Crippen molar-refractivity contribution in [2.24, 2.45) is 0 Å². The molecule has 15 heavy (non-hydrogen) atoms. The van der Waals surface area contributed by atoms with Crippen LogP contribution >= 0.6 is 11.6 Å². The van der Waals surface area contributed by atoms with Gasteiger partial charge in [-0.1, -0.05) is 0 Å². The van der Waals surface area contributed by atoms with E-state index in [1.807, 2.05) is 4.98 Å². The Kier molecular flexibility index (Phi) is 3.41. The minimum atomic E-state index is -2.92. The van der Waals surface area contributed by atoms with Crippen LogP contribution < -0.4 is 10.3 Å². The van der Waals surface area contributed by atoms with Gasteiger partial charge in [-0.3, -0.25) is 9.59 Å². The highest BCUT2D eigenvalue weighted by Crippen LogP contribution is 2.26. The van der Waals surface area contributed by atoms with Crippen LogP contribution in [0.1, 0.15) is 22.5 Å². The summed E-state index contributed by atoms with van der Waals surface area (Å²) in [5.74, 6) is -0.522. The molecule has 7 heteroatoms. The number of aromatic nitrogens is 1. The van der Waals surface area contributed by atoms with E-state index in [-0.39, 0.29) is 0 Å². The lowest BCUT2D eigenvalue weighted by Crippen LogP contribution is -2.15. The Balaban J connectivity index is 3.46. The van der Waals surface area contributed by atoms with Crippen LogP contribution in [0.25, 0.3) is 0 Å². The Hall–Kier alpha value is -1.43. The van der Waals surface area contributed by atoms with E-state index in [0.717, 1.165) is 13.2 Å². The molecule has 0 bridgehead atoms. The molecule has 0 aliphatic heterocycles. The molecule has 0 spiro atoms. The smallest absolute Gasteiger partial charge is 0.291 e. The van der Waals surface area contributed by atoms with E-state index in [2.05, 4.69) is 4.74 Å². The highest BCUT2D eigenvalue weighted by Gasteiger charge is 2.19. The molecule has 0 aliphatic carbocycles. The predicted molar refractivity (Wildman–Crippen MR) is 48.8 cm³/mol. The number of hydrogen-bond acceptors (Lipinski definition) is 3. The zero-order valence-corrected chi connectivity index (χ0v) is 8.27. The maximum atomic E-state index is 12.5. The van der Waals surface area contributed by atoms with Crippen LogP contribution in [0.4, 0.5) is 8.78 Å². The van der Waals surface area contributed by atoms with E-state index >= 15 is 0 Å². The summed E-state index contributed by atoms with van der Waals surface area (Å²) >= 11 is 5.05. The normalized spacial score (nSPS) is 10.5. The largest absolute Gasteiger partial charge is 0.491 e. The molecule has 1 heterocycles. The van der Waals surface area contributed by atoms with Gasteiger partial charge < -0.3 is 9.72 Å². The maximum Gasteiger partial charge on any atom is 0.291 e. The molecule has 0 amide bonds. The Labute approximate surface area is 87.8 Å². The van der Waals surface area contributed by atoms with Crippen molar-refractivity contribution in [3.05, 3.63) is 27.7 Å². The molecule has 0 unspecified atom stereocenters. The summed E-state index contributed by atoms with van der Waals surface area (Å²) in [5, 5.41) is -1.02. The zero-order chi connectivity index (χ0) is 11.6. The summed E-state index contributed by atoms with van der Waals surface area (Å²) < 4.78 is 29.4. The predicted octanol–water partition coefficient (Wildman–Crippen LogP) is 1.70. The highest BCUT2D eigenvalue weighted by molar-refractivity contribution is 6.67. The standard InChI is InChI=1S/C8H6ClF2NO3/c1-15-5-3(7(10)11)2-4(6(9)13)12-8(5)14/h2,7H,1H3,(H,12,14). The van der Waals surface area contributed by atoms with Crippen molar-refractivity contribution in [1.29, 1.82) is 0 Å². The van der Waals surface area contributed by atoms with Crippen molar-refractivity contribution in [2.75, 3.05) is 7.11 Å². The number of H-pyrrole nitrogens is 1. The minimum absolute atomic E-state index is 0.391. The molecule has 82 valence electrons. The summed E-state index contributed by atoms with van der Waals surface area (Å²) in [6.07, 6.45) is -2.92. The van der Waals surface area contributed by atoms with Gasteiger partial charge in [0.15, 0.2) is 5.75 Å². The lowest BCUT2D eigenvalue weighted by molar-refractivity contribution is 0.107. The molecule has 0 fully saturated rings. The molecule has 1 N–H and O–H groups in total. The number of nitrogens with one attached hydrogen (secondary N) is 1. The van der Waals surface area contributed by atoms with Crippen LogP contribution in [-0.4, -0.2) is 17.3 Å². The molecule has 1 aromatic rings. The summed E-state index contributed by atoms with van der Waals surface area (Å²) in [5.41, 5.74) is -1.97. The average Bonchev–Trinajstić information content (AvgIpc) is 2.16. The van der Waals surface area contributed by atoms with E-state index in [9.17, 15) is 18.4 Å². The number of halogens is 3. The molecular formula is C8H6ClF2NO3. The molecule has 0 radical (unpaired) electrons. The molecule has 0 saturated carbocycles. The number of methoxy groups -OCH3 is 1. The van der Waals surface area contributed by atoms with E-state index < -0.39 is 34.2 Å². The molecule has 0 saturated heterocycles. The number of rotatable bonds is 3. The van der Waals surface area contributed by atoms with Gasteiger partial charge in [0.2, 0.25) is 0 Å². The summed E-state index contributed by atoms with van der Waals surface area (Å²) in [7, 11) is 1.08. The lowest BCUT2D eigenvalue weighted by atomic mass is 10.2. The number of hydrogen-bond donors (Lipinski definition) is 1. The number of carbonyl (C=O) groups excluding carboxylic acids is 1. The average molecular weight is 238 g/mol. The van der Waals surface area contributed by atoms with Gasteiger partial charge in [-0.15, -0.1) is 0 Å². The van der Waals surface area contributed by atoms with Crippen molar-refractivity contribution >= 4 is 16.8 Å². The van der Waals surface area contributed by atoms with E-state index in [1.54, 1.807) is 0 Å². The van der Waals surface area contributed by atoms with E-state index in [4.69, 9.17) is 11.6 Å². The Morgan fingerprint density at radius 1 is 1.60 bits per heavy atom. The lowest BCUT2D eigenvalue weighted by Gasteiger charge is -2.07. The van der Waals surface area contributed by atoms with Crippen LogP contribution in [0.2, 0.25) is 0 Å². The molecular weight excluding hydrogens is 232 g/mol. The Bertz CT molecular complexity index is 444. The van der Waals surface area contributed by atoms with Crippen molar-refractivity contribution in [3.8, 4) is 5.75 Å². The Morgan fingerprint density at radius 3 is 2.60 bits per heavy atom. The summed E-state index contributed by atoms with van der Waals surface area (Å²) in [4.78, 5) is 23.9. The van der Waals surface area contributed by atoms with Gasteiger partial charge in [-0.05, 0) is 17.7 Å². The number of ether oxygens (including phenoxy) is 1. The van der Waals surface area contributed by atoms with Gasteiger partial charge in [-0.2, -0.15) is 0 Å². The van der Waals surface area contributed by atoms with Crippen molar-refractivity contribution in [3.63, 3.8) is 0 Å². The van der Waals surface area contributed by atoms with Crippen molar-refractivity contribution in [1.82, 2.24) is 4.98 Å². The van der Waals surface area contributed by atoms with Crippen molar-refractivity contribution in [2.45, 2.75) is 6.43 Å². The van der Waals surface area contributed by atoms with Gasteiger partial charge in [0.05, 0.1) is 12.7 Å².